The van der Waals surface area contributed by atoms with Crippen LogP contribution in [-0.2, 0) is 44.3 Å². The Morgan fingerprint density at radius 1 is 0.696 bits per heavy atom. The number of nitrogens with zero attached hydrogens (tertiary/aromatic N) is 2. The van der Waals surface area contributed by atoms with Crippen LogP contribution in [0.1, 0.15) is 50.5 Å². The zero-order chi connectivity index (χ0) is 31.9. The predicted molar refractivity (Wildman–Crippen MR) is 189 cm³/mol. The van der Waals surface area contributed by atoms with Gasteiger partial charge in [-0.15, -0.1) is 0 Å². The van der Waals surface area contributed by atoms with Gasteiger partial charge in [0.2, 0.25) is 0 Å². The van der Waals surface area contributed by atoms with Crippen LogP contribution in [0.25, 0.3) is 0 Å². The molecule has 6 rings (SSSR count). The van der Waals surface area contributed by atoms with E-state index in [1.54, 1.807) is 7.11 Å². The summed E-state index contributed by atoms with van der Waals surface area (Å²) in [6, 6.07) is 46.5. The first-order valence-corrected chi connectivity index (χ1v) is 22.7. The van der Waals surface area contributed by atoms with Crippen LogP contribution >= 0.6 is 0 Å². The summed E-state index contributed by atoms with van der Waals surface area (Å²) < 4.78 is 14.9. The molecule has 1 N–H and O–H groups in total. The molecule has 1 aliphatic rings. The van der Waals surface area contributed by atoms with Crippen molar-refractivity contribution >= 4 is 11.6 Å². The molecule has 0 radical (unpaired) electrons. The van der Waals surface area contributed by atoms with Crippen LogP contribution in [0.4, 0.5) is 5.69 Å². The molecule has 0 saturated carbocycles. The van der Waals surface area contributed by atoms with E-state index in [9.17, 15) is 0 Å². The van der Waals surface area contributed by atoms with Crippen LogP contribution in [0.15, 0.2) is 130 Å². The number of benzene rings is 5. The first kappa shape index (κ1) is 32.2. The Kier molecular flexibility index (Phi) is 10.3. The molecule has 0 aliphatic carbocycles. The molecule has 1 atom stereocenters. The van der Waals surface area contributed by atoms with Gasteiger partial charge in [-0.05, 0) is 0 Å². The summed E-state index contributed by atoms with van der Waals surface area (Å²) >= 11 is -3.56. The standard InChI is InChI=1S/C20H24N3O.3C7H7.Zr/c1-13-9-14(2)19(15(3)10-13)18-11-22-20(21)23(18)17-8-6-5-7-16(17)12-24-4;3*1-7-5-3-2-4-6-7;/h5-10,18H,11-12H2,1-4H3,(H-,21,22);3*2-6H,1H2;/q-1;;;;+1. The Balaban J connectivity index is 1.56. The molecule has 46 heavy (non-hydrogen) atoms. The van der Waals surface area contributed by atoms with Crippen LogP contribution < -0.4 is 10.2 Å². The van der Waals surface area contributed by atoms with Gasteiger partial charge in [0.25, 0.3) is 0 Å². The van der Waals surface area contributed by atoms with E-state index in [1.165, 1.54) is 44.5 Å². The van der Waals surface area contributed by atoms with Crippen molar-refractivity contribution in [3.63, 3.8) is 0 Å². The zero-order valence-corrected chi connectivity index (χ0v) is 30.0. The van der Waals surface area contributed by atoms with Gasteiger partial charge in [-0.1, -0.05) is 0 Å². The quantitative estimate of drug-likeness (QED) is 0.151. The molecule has 5 aromatic rings. The van der Waals surface area contributed by atoms with Crippen molar-refractivity contribution in [2.75, 3.05) is 18.6 Å². The molecule has 0 spiro atoms. The van der Waals surface area contributed by atoms with E-state index in [1.807, 2.05) is 0 Å². The fraction of sp³-hybridized carbons (Fsp3) is 0.244. The molecule has 1 fully saturated rings. The van der Waals surface area contributed by atoms with Crippen molar-refractivity contribution in [3.8, 4) is 0 Å². The predicted octanol–water partition coefficient (Wildman–Crippen LogP) is 8.93. The molecule has 5 heteroatoms. The van der Waals surface area contributed by atoms with Crippen molar-refractivity contribution in [1.29, 1.82) is 0 Å². The number of hydrogen-bond donors (Lipinski definition) is 1. The zero-order valence-electron chi connectivity index (χ0n) is 27.5. The van der Waals surface area contributed by atoms with E-state index in [4.69, 9.17) is 7.67 Å². The van der Waals surface area contributed by atoms with Crippen LogP contribution in [0.3, 0.4) is 0 Å². The van der Waals surface area contributed by atoms with Gasteiger partial charge in [-0.25, -0.2) is 0 Å². The number of para-hydroxylation sites is 1. The van der Waals surface area contributed by atoms with E-state index in [0.717, 1.165) is 30.6 Å². The summed E-state index contributed by atoms with van der Waals surface area (Å²) in [7, 11) is 1.78. The first-order chi connectivity index (χ1) is 22.4. The van der Waals surface area contributed by atoms with Crippen molar-refractivity contribution < 1.29 is 25.3 Å². The van der Waals surface area contributed by atoms with E-state index >= 15 is 0 Å². The van der Waals surface area contributed by atoms with Gasteiger partial charge in [-0.3, -0.25) is 0 Å². The van der Waals surface area contributed by atoms with Gasteiger partial charge in [0.1, 0.15) is 0 Å². The number of guanidine groups is 1. The van der Waals surface area contributed by atoms with E-state index in [2.05, 4.69) is 158 Å². The van der Waals surface area contributed by atoms with Gasteiger partial charge in [-0.2, -0.15) is 0 Å². The van der Waals surface area contributed by atoms with Crippen molar-refractivity contribution in [2.24, 2.45) is 2.94 Å². The summed E-state index contributed by atoms with van der Waals surface area (Å²) in [4.78, 5) is 2.51. The van der Waals surface area contributed by atoms with E-state index in [0.29, 0.717) is 6.61 Å². The van der Waals surface area contributed by atoms with E-state index < -0.39 is 20.6 Å². The summed E-state index contributed by atoms with van der Waals surface area (Å²) in [5, 5.41) is 3.89. The minimum absolute atomic E-state index is 0.117. The number of methoxy groups -OCH3 is 1. The fourth-order valence-corrected chi connectivity index (χ4v) is 17.7. The van der Waals surface area contributed by atoms with Gasteiger partial charge >= 0.3 is 281 Å². The van der Waals surface area contributed by atoms with Crippen molar-refractivity contribution in [1.82, 2.24) is 5.32 Å². The van der Waals surface area contributed by atoms with Gasteiger partial charge in [0.15, 0.2) is 0 Å². The molecule has 4 nitrogen and oxygen atoms in total. The Bertz CT molecular complexity index is 1650. The SMILES string of the molecule is COCc1ccccc1N1C(=[N][Zr]([CH2]c2ccccc2)([CH2]c2ccccc2)[CH2]c2ccccc2)NCC1c1c(C)cc(C)cc1C. The topological polar surface area (TPSA) is 36.9 Å². The summed E-state index contributed by atoms with van der Waals surface area (Å²) in [5.74, 6) is 1.01. The van der Waals surface area contributed by atoms with Gasteiger partial charge in [0, 0.05) is 0 Å². The third kappa shape index (κ3) is 7.43. The number of anilines is 1. The third-order valence-corrected chi connectivity index (χ3v) is 18.6. The van der Waals surface area contributed by atoms with E-state index in [-0.39, 0.29) is 6.04 Å². The summed E-state index contributed by atoms with van der Waals surface area (Å²) in [6.45, 7) is 8.05. The second kappa shape index (κ2) is 14.8. The number of nitrogens with one attached hydrogen (secondary N) is 1. The molecule has 0 amide bonds. The fourth-order valence-electron chi connectivity index (χ4n) is 7.32. The number of ether oxygens (including phenoxy) is 1. The summed E-state index contributed by atoms with van der Waals surface area (Å²) in [5.41, 5.74) is 11.8. The average Bonchev–Trinajstić information content (AvgIpc) is 3.44. The molecule has 0 bridgehead atoms. The molecule has 1 heterocycles. The second-order valence-corrected chi connectivity index (χ2v) is 22.0. The number of hydrogen-bond acceptors (Lipinski definition) is 2. The Hall–Kier alpha value is -3.79. The average molecular weight is 687 g/mol. The molecule has 5 aromatic carbocycles. The van der Waals surface area contributed by atoms with Crippen molar-refractivity contribution in [3.05, 3.63) is 172 Å². The molecule has 1 saturated heterocycles. The maximum absolute atomic E-state index is 6.11. The molecular formula is C41H45N3OZr. The number of aryl methyl sites for hydroxylation is 3. The monoisotopic (exact) mass is 685 g/mol. The summed E-state index contributed by atoms with van der Waals surface area (Å²) in [6.07, 6.45) is 0. The third-order valence-electron chi connectivity index (χ3n) is 9.09. The Morgan fingerprint density at radius 2 is 1.17 bits per heavy atom. The molecule has 0 aromatic heterocycles. The van der Waals surface area contributed by atoms with Gasteiger partial charge < -0.3 is 0 Å². The van der Waals surface area contributed by atoms with Gasteiger partial charge in [0.05, 0.1) is 0 Å². The Labute approximate surface area is 280 Å². The Morgan fingerprint density at radius 3 is 1.67 bits per heavy atom. The molecular weight excluding hydrogens is 642 g/mol. The van der Waals surface area contributed by atoms with Crippen LogP contribution in [0.5, 0.6) is 0 Å². The first-order valence-electron chi connectivity index (χ1n) is 16.3. The van der Waals surface area contributed by atoms with Crippen molar-refractivity contribution in [2.45, 2.75) is 45.8 Å². The normalized spacial score (nSPS) is 15.7. The van der Waals surface area contributed by atoms with Crippen LogP contribution in [0.2, 0.25) is 0 Å². The second-order valence-electron chi connectivity index (χ2n) is 12.8. The molecule has 1 unspecified atom stereocenters. The molecule has 234 valence electrons. The van der Waals surface area contributed by atoms with Crippen LogP contribution in [-0.4, -0.2) is 19.6 Å². The molecule has 1 aliphatic heterocycles. The van der Waals surface area contributed by atoms with Crippen LogP contribution in [0, 0.1) is 20.8 Å². The minimum atomic E-state index is -3.56. The number of rotatable bonds is 11. The maximum atomic E-state index is 6.11.